The molecule has 0 saturated carbocycles. The average molecular weight is 263 g/mol. The van der Waals surface area contributed by atoms with Crippen molar-refractivity contribution >= 4 is 29.1 Å². The number of halogens is 1. The van der Waals surface area contributed by atoms with Gasteiger partial charge in [-0.2, -0.15) is 0 Å². The molecule has 92 valence electrons. The third-order valence-electron chi connectivity index (χ3n) is 2.29. The third-order valence-corrected chi connectivity index (χ3v) is 2.50. The summed E-state index contributed by atoms with van der Waals surface area (Å²) in [7, 11) is 1.75. The monoisotopic (exact) mass is 262 g/mol. The zero-order valence-corrected chi connectivity index (χ0v) is 10.4. The van der Waals surface area contributed by atoms with Crippen molar-refractivity contribution in [3.8, 4) is 0 Å². The fourth-order valence-corrected chi connectivity index (χ4v) is 1.60. The van der Waals surface area contributed by atoms with E-state index in [0.29, 0.717) is 5.56 Å². The summed E-state index contributed by atoms with van der Waals surface area (Å²) in [5.41, 5.74) is 1.25. The van der Waals surface area contributed by atoms with Gasteiger partial charge in [0.1, 0.15) is 5.15 Å². The molecule has 0 aliphatic heterocycles. The summed E-state index contributed by atoms with van der Waals surface area (Å²) >= 11 is 5.72. The molecule has 6 heteroatoms. The molecule has 2 N–H and O–H groups in total. The van der Waals surface area contributed by atoms with E-state index in [-0.39, 0.29) is 17.0 Å². The van der Waals surface area contributed by atoms with Gasteiger partial charge in [-0.1, -0.05) is 23.7 Å². The van der Waals surface area contributed by atoms with Gasteiger partial charge in [0.25, 0.3) is 5.91 Å². The quantitative estimate of drug-likeness (QED) is 0.834. The molecule has 5 nitrogen and oxygen atoms in total. The van der Waals surface area contributed by atoms with Crippen LogP contribution in [-0.2, 0) is 0 Å². The summed E-state index contributed by atoms with van der Waals surface area (Å²) in [6, 6.07) is 8.70. The smallest absolute Gasteiger partial charge is 0.260 e. The molecule has 0 atom stereocenters. The molecule has 1 aromatic heterocycles. The minimum atomic E-state index is -0.290. The summed E-state index contributed by atoms with van der Waals surface area (Å²) in [5.74, 6) is -0.111. The molecule has 2 aromatic rings. The first-order chi connectivity index (χ1) is 8.70. The van der Waals surface area contributed by atoms with Gasteiger partial charge in [-0.3, -0.25) is 10.1 Å². The van der Waals surface area contributed by atoms with Crippen LogP contribution in [0.1, 0.15) is 10.4 Å². The molecule has 1 aromatic carbocycles. The Balaban J connectivity index is 2.22. The number of rotatable bonds is 3. The van der Waals surface area contributed by atoms with Crippen LogP contribution in [0, 0.1) is 0 Å². The molecular weight excluding hydrogens is 252 g/mol. The molecule has 18 heavy (non-hydrogen) atoms. The van der Waals surface area contributed by atoms with Crippen molar-refractivity contribution in [2.45, 2.75) is 0 Å². The van der Waals surface area contributed by atoms with Crippen LogP contribution in [0.2, 0.25) is 5.15 Å². The highest BCUT2D eigenvalue weighted by Crippen LogP contribution is 2.15. The highest BCUT2D eigenvalue weighted by Gasteiger charge is 2.11. The minimum Gasteiger partial charge on any atom is -0.387 e. The predicted octanol–water partition coefficient (Wildman–Crippen LogP) is 2.42. The fourth-order valence-electron chi connectivity index (χ4n) is 1.46. The number of hydrogen-bond donors (Lipinski definition) is 2. The Hall–Kier alpha value is -2.14. The summed E-state index contributed by atoms with van der Waals surface area (Å²) in [5, 5.41) is 5.81. The second-order valence-electron chi connectivity index (χ2n) is 3.45. The van der Waals surface area contributed by atoms with Crippen LogP contribution in [0.5, 0.6) is 0 Å². The van der Waals surface area contributed by atoms with Gasteiger partial charge in [-0.15, -0.1) is 0 Å². The number of anilines is 2. The molecule has 2 rings (SSSR count). The van der Waals surface area contributed by atoms with Crippen molar-refractivity contribution in [1.29, 1.82) is 0 Å². The lowest BCUT2D eigenvalue weighted by Gasteiger charge is -2.08. The Kier molecular flexibility index (Phi) is 3.74. The molecule has 0 radical (unpaired) electrons. The van der Waals surface area contributed by atoms with E-state index in [1.54, 1.807) is 25.2 Å². The van der Waals surface area contributed by atoms with E-state index < -0.39 is 0 Å². The van der Waals surface area contributed by atoms with Crippen LogP contribution in [0.4, 0.5) is 11.6 Å². The molecule has 0 fully saturated rings. The second-order valence-corrected chi connectivity index (χ2v) is 3.84. The van der Waals surface area contributed by atoms with Gasteiger partial charge in [0.15, 0.2) is 0 Å². The van der Waals surface area contributed by atoms with Crippen LogP contribution in [0.15, 0.2) is 36.5 Å². The normalized spacial score (nSPS) is 9.89. The first-order valence-corrected chi connectivity index (χ1v) is 5.65. The predicted molar refractivity (Wildman–Crippen MR) is 71.0 cm³/mol. The van der Waals surface area contributed by atoms with Gasteiger partial charge < -0.3 is 5.32 Å². The van der Waals surface area contributed by atoms with Gasteiger partial charge in [0.2, 0.25) is 5.95 Å². The maximum absolute atomic E-state index is 12.0. The number of benzene rings is 1. The first kappa shape index (κ1) is 12.3. The highest BCUT2D eigenvalue weighted by atomic mass is 35.5. The summed E-state index contributed by atoms with van der Waals surface area (Å²) < 4.78 is 0. The van der Waals surface area contributed by atoms with Crippen molar-refractivity contribution < 1.29 is 4.79 Å². The van der Waals surface area contributed by atoms with E-state index in [0.717, 1.165) is 5.69 Å². The first-order valence-electron chi connectivity index (χ1n) is 5.27. The summed E-state index contributed by atoms with van der Waals surface area (Å²) in [6.45, 7) is 0. The lowest BCUT2D eigenvalue weighted by Crippen LogP contribution is -2.15. The van der Waals surface area contributed by atoms with Gasteiger partial charge in [-0.25, -0.2) is 9.97 Å². The maximum Gasteiger partial charge on any atom is 0.260 e. The topological polar surface area (TPSA) is 66.9 Å². The largest absolute Gasteiger partial charge is 0.387 e. The Bertz CT molecular complexity index is 574. The summed E-state index contributed by atoms with van der Waals surface area (Å²) in [4.78, 5) is 19.8. The maximum atomic E-state index is 12.0. The molecule has 0 aliphatic rings. The number of amides is 1. The van der Waals surface area contributed by atoms with Crippen molar-refractivity contribution in [2.75, 3.05) is 17.7 Å². The lowest BCUT2D eigenvalue weighted by atomic mass is 10.1. The van der Waals surface area contributed by atoms with Gasteiger partial charge in [0, 0.05) is 18.9 Å². The molecule has 0 bridgehead atoms. The van der Waals surface area contributed by atoms with Crippen molar-refractivity contribution in [1.82, 2.24) is 9.97 Å². The van der Waals surface area contributed by atoms with Crippen LogP contribution in [0.25, 0.3) is 0 Å². The molecule has 0 spiro atoms. The molecule has 0 unspecified atom stereocenters. The van der Waals surface area contributed by atoms with E-state index >= 15 is 0 Å². The fraction of sp³-hybridized carbons (Fsp3) is 0.0833. The van der Waals surface area contributed by atoms with Crippen LogP contribution in [0.3, 0.4) is 0 Å². The molecule has 1 heterocycles. The minimum absolute atomic E-state index is 0.179. The van der Waals surface area contributed by atoms with Gasteiger partial charge >= 0.3 is 0 Å². The van der Waals surface area contributed by atoms with Crippen LogP contribution in [-0.4, -0.2) is 22.9 Å². The summed E-state index contributed by atoms with van der Waals surface area (Å²) in [6.07, 6.45) is 1.48. The van der Waals surface area contributed by atoms with Gasteiger partial charge in [-0.05, 0) is 18.2 Å². The Morgan fingerprint density at radius 2 is 2.06 bits per heavy atom. The number of carbonyl (C=O) groups is 1. The van der Waals surface area contributed by atoms with Crippen LogP contribution >= 0.6 is 11.6 Å². The second kappa shape index (κ2) is 5.46. The number of aromatic nitrogens is 2. The Morgan fingerprint density at radius 3 is 2.78 bits per heavy atom. The highest BCUT2D eigenvalue weighted by molar-refractivity contribution is 6.29. The number of carbonyl (C=O) groups excluding carboxylic acids is 1. The SMILES string of the molecule is CNc1ccccc1C(=O)Nc1nccc(Cl)n1. The zero-order valence-electron chi connectivity index (χ0n) is 9.64. The molecular formula is C12H11ClN4O. The van der Waals surface area contributed by atoms with E-state index in [1.807, 2.05) is 12.1 Å². The Labute approximate surface area is 109 Å². The van der Waals surface area contributed by atoms with E-state index in [1.165, 1.54) is 6.20 Å². The van der Waals surface area contributed by atoms with Crippen LogP contribution < -0.4 is 10.6 Å². The van der Waals surface area contributed by atoms with E-state index in [4.69, 9.17) is 11.6 Å². The average Bonchev–Trinajstić information content (AvgIpc) is 2.38. The number of nitrogens with one attached hydrogen (secondary N) is 2. The zero-order chi connectivity index (χ0) is 13.0. The van der Waals surface area contributed by atoms with Crippen molar-refractivity contribution in [3.63, 3.8) is 0 Å². The van der Waals surface area contributed by atoms with Gasteiger partial charge in [0.05, 0.1) is 5.56 Å². The lowest BCUT2D eigenvalue weighted by molar-refractivity contribution is 0.102. The Morgan fingerprint density at radius 1 is 1.28 bits per heavy atom. The molecule has 0 aliphatic carbocycles. The van der Waals surface area contributed by atoms with Crippen molar-refractivity contribution in [2.24, 2.45) is 0 Å². The molecule has 0 saturated heterocycles. The van der Waals surface area contributed by atoms with E-state index in [2.05, 4.69) is 20.6 Å². The third kappa shape index (κ3) is 2.75. The number of nitrogens with zero attached hydrogens (tertiary/aromatic N) is 2. The van der Waals surface area contributed by atoms with Crippen molar-refractivity contribution in [3.05, 3.63) is 47.2 Å². The van der Waals surface area contributed by atoms with E-state index in [9.17, 15) is 4.79 Å². The molecule has 1 amide bonds. The number of hydrogen-bond acceptors (Lipinski definition) is 4. The number of para-hydroxylation sites is 1. The standard InChI is InChI=1S/C12H11ClN4O/c1-14-9-5-3-2-4-8(9)11(18)17-12-15-7-6-10(13)16-12/h2-7,14H,1H3,(H,15,16,17,18).